The summed E-state index contributed by atoms with van der Waals surface area (Å²) in [5, 5.41) is 0. The molecule has 0 aromatic heterocycles. The molecule has 0 aromatic carbocycles. The van der Waals surface area contributed by atoms with Gasteiger partial charge in [-0.3, -0.25) is 0 Å². The molecule has 0 amide bonds. The highest BCUT2D eigenvalue weighted by Crippen LogP contribution is 2.08. The first-order chi connectivity index (χ1) is 4.37. The van der Waals surface area contributed by atoms with Gasteiger partial charge in [-0.1, -0.05) is 0 Å². The number of hydrogen-bond acceptors (Lipinski definition) is 0. The van der Waals surface area contributed by atoms with Crippen LogP contribution in [0.4, 0.5) is 26.3 Å². The second-order valence-electron chi connectivity index (χ2n) is 0.860. The Labute approximate surface area is 52.5 Å². The van der Waals surface area contributed by atoms with Gasteiger partial charge in [-0.2, -0.15) is 26.3 Å². The van der Waals surface area contributed by atoms with E-state index in [1.807, 2.05) is 0 Å². The lowest BCUT2D eigenvalue weighted by Gasteiger charge is -1.69. The average molecular weight is 164 g/mol. The normalized spacial score (nSPS) is 7.40. The van der Waals surface area contributed by atoms with Gasteiger partial charge in [-0.25, -0.2) is 0 Å². The van der Waals surface area contributed by atoms with Crippen LogP contribution in [0.25, 0.3) is 0 Å². The molecule has 0 aliphatic rings. The fourth-order valence-electron chi connectivity index (χ4n) is 0. The molecule has 0 radical (unpaired) electrons. The molecule has 0 aliphatic carbocycles. The van der Waals surface area contributed by atoms with Crippen molar-refractivity contribution in [1.29, 1.82) is 0 Å². The number of hydrogen-bond donors (Lipinski definition) is 0. The Morgan fingerprint density at radius 3 is 0.800 bits per heavy atom. The topological polar surface area (TPSA) is 0 Å². The van der Waals surface area contributed by atoms with Crippen molar-refractivity contribution >= 4 is 0 Å². The van der Waals surface area contributed by atoms with Gasteiger partial charge >= 0.3 is 12.2 Å². The van der Waals surface area contributed by atoms with Gasteiger partial charge in [-0.05, 0) is 6.58 Å². The van der Waals surface area contributed by atoms with Crippen molar-refractivity contribution in [2.45, 2.75) is 0 Å². The molecular weight excluding hydrogens is 162 g/mol. The van der Waals surface area contributed by atoms with Crippen molar-refractivity contribution in [2.75, 3.05) is 0 Å². The molecule has 0 heterocycles. The SMILES string of the molecule is C=C(F)F.FC(F)=C(F)F. The Morgan fingerprint density at radius 1 is 0.700 bits per heavy atom. The summed E-state index contributed by atoms with van der Waals surface area (Å²) >= 11 is 0. The lowest BCUT2D eigenvalue weighted by atomic mass is 11.1. The molecule has 0 rings (SSSR count). The van der Waals surface area contributed by atoms with Crippen LogP contribution in [-0.4, -0.2) is 0 Å². The Kier molecular flexibility index (Phi) is 7.30. The Bertz CT molecular complexity index is 115. The molecule has 0 aromatic rings. The molecule has 0 aliphatic heterocycles. The minimum absolute atomic E-state index is 1.83. The lowest BCUT2D eigenvalue weighted by molar-refractivity contribution is 0.308. The molecule has 0 atom stereocenters. The van der Waals surface area contributed by atoms with E-state index in [1.165, 1.54) is 0 Å². The van der Waals surface area contributed by atoms with Crippen LogP contribution in [0.2, 0.25) is 0 Å². The summed E-state index contributed by atoms with van der Waals surface area (Å²) < 4.78 is 61.4. The summed E-state index contributed by atoms with van der Waals surface area (Å²) in [6.45, 7) is 2.22. The van der Waals surface area contributed by atoms with Crippen molar-refractivity contribution in [1.82, 2.24) is 0 Å². The predicted octanol–water partition coefficient (Wildman–Crippen LogP) is 3.39. The van der Waals surface area contributed by atoms with Gasteiger partial charge in [0.2, 0.25) is 0 Å². The van der Waals surface area contributed by atoms with Crippen LogP contribution in [0.5, 0.6) is 0 Å². The quantitative estimate of drug-likeness (QED) is 0.481. The van der Waals surface area contributed by atoms with Crippen LogP contribution in [0.15, 0.2) is 24.8 Å². The van der Waals surface area contributed by atoms with Crippen molar-refractivity contribution in [3.63, 3.8) is 0 Å². The molecule has 0 spiro atoms. The van der Waals surface area contributed by atoms with E-state index in [9.17, 15) is 26.3 Å². The molecule has 0 unspecified atom stereocenters. The van der Waals surface area contributed by atoms with E-state index in [2.05, 4.69) is 6.58 Å². The fourth-order valence-corrected chi connectivity index (χ4v) is 0. The minimum Gasteiger partial charge on any atom is -0.174 e. The molecule has 0 N–H and O–H groups in total. The third-order valence-electron chi connectivity index (χ3n) is 0.143. The molecule has 0 bridgehead atoms. The second kappa shape index (κ2) is 6.18. The van der Waals surface area contributed by atoms with Crippen LogP contribution in [0.1, 0.15) is 0 Å². The highest BCUT2D eigenvalue weighted by molar-refractivity contribution is 4.77. The van der Waals surface area contributed by atoms with Crippen molar-refractivity contribution in [3.8, 4) is 0 Å². The first-order valence-electron chi connectivity index (χ1n) is 1.74. The molecule has 0 saturated carbocycles. The van der Waals surface area contributed by atoms with E-state index in [0.29, 0.717) is 0 Å². The summed E-state index contributed by atoms with van der Waals surface area (Å²) in [4.78, 5) is 0. The summed E-state index contributed by atoms with van der Waals surface area (Å²) in [5.41, 5.74) is 0. The average Bonchev–Trinajstić information content (AvgIpc) is 1.63. The third-order valence-corrected chi connectivity index (χ3v) is 0.143. The maximum absolute atomic E-state index is 10.3. The van der Waals surface area contributed by atoms with E-state index >= 15 is 0 Å². The van der Waals surface area contributed by atoms with Gasteiger partial charge in [0.05, 0.1) is 0 Å². The molecule has 60 valence electrons. The van der Waals surface area contributed by atoms with Crippen LogP contribution in [-0.2, 0) is 0 Å². The van der Waals surface area contributed by atoms with Crippen molar-refractivity contribution in [3.05, 3.63) is 24.8 Å². The molecule has 10 heavy (non-hydrogen) atoms. The summed E-state index contributed by atoms with van der Waals surface area (Å²) in [6.07, 6.45) is -7.65. The zero-order valence-corrected chi connectivity index (χ0v) is 4.47. The van der Waals surface area contributed by atoms with Crippen molar-refractivity contribution < 1.29 is 26.3 Å². The molecule has 0 nitrogen and oxygen atoms in total. The Balaban J connectivity index is 0. The maximum atomic E-state index is 10.3. The van der Waals surface area contributed by atoms with Crippen LogP contribution < -0.4 is 0 Å². The van der Waals surface area contributed by atoms with Crippen LogP contribution in [0, 0.1) is 0 Å². The van der Waals surface area contributed by atoms with E-state index in [4.69, 9.17) is 0 Å². The molecule has 0 fully saturated rings. The van der Waals surface area contributed by atoms with Gasteiger partial charge in [0.25, 0.3) is 6.08 Å². The van der Waals surface area contributed by atoms with Gasteiger partial charge in [-0.15, -0.1) is 0 Å². The molecular formula is C4H2F6. The lowest BCUT2D eigenvalue weighted by Crippen LogP contribution is -1.56. The number of halogens is 6. The first-order valence-corrected chi connectivity index (χ1v) is 1.74. The van der Waals surface area contributed by atoms with E-state index in [-0.39, 0.29) is 0 Å². The summed E-state index contributed by atoms with van der Waals surface area (Å²) in [7, 11) is 0. The zero-order chi connectivity index (χ0) is 8.73. The fraction of sp³-hybridized carbons (Fsp3) is 0. The first kappa shape index (κ1) is 11.8. The van der Waals surface area contributed by atoms with Gasteiger partial charge in [0.1, 0.15) is 0 Å². The molecule has 6 heteroatoms. The van der Waals surface area contributed by atoms with Crippen LogP contribution in [0.3, 0.4) is 0 Å². The predicted molar refractivity (Wildman–Crippen MR) is 22.8 cm³/mol. The summed E-state index contributed by atoms with van der Waals surface area (Å²) in [5.74, 6) is 0. The minimum atomic E-state index is -2.91. The maximum Gasteiger partial charge on any atom is 0.334 e. The second-order valence-corrected chi connectivity index (χ2v) is 0.860. The molecule has 0 saturated heterocycles. The van der Waals surface area contributed by atoms with E-state index in [0.717, 1.165) is 0 Å². The highest BCUT2D eigenvalue weighted by Gasteiger charge is 1.98. The standard InChI is InChI=1S/C2F4.C2H2F2/c3-1(4)2(5)6;1-2(3)4/h;1H2. The number of rotatable bonds is 0. The Morgan fingerprint density at radius 2 is 0.800 bits per heavy atom. The van der Waals surface area contributed by atoms with Gasteiger partial charge in [0, 0.05) is 0 Å². The monoisotopic (exact) mass is 164 g/mol. The highest BCUT2D eigenvalue weighted by atomic mass is 19.3. The largest absolute Gasteiger partial charge is 0.334 e. The van der Waals surface area contributed by atoms with E-state index < -0.39 is 18.2 Å². The van der Waals surface area contributed by atoms with Crippen LogP contribution >= 0.6 is 0 Å². The van der Waals surface area contributed by atoms with E-state index in [1.54, 1.807) is 0 Å². The smallest absolute Gasteiger partial charge is 0.174 e. The van der Waals surface area contributed by atoms with Crippen molar-refractivity contribution in [2.24, 2.45) is 0 Å². The Hall–Kier alpha value is -0.940. The van der Waals surface area contributed by atoms with Gasteiger partial charge < -0.3 is 0 Å². The summed E-state index contributed by atoms with van der Waals surface area (Å²) in [6, 6.07) is 0. The van der Waals surface area contributed by atoms with Gasteiger partial charge in [0.15, 0.2) is 0 Å². The zero-order valence-electron chi connectivity index (χ0n) is 4.47. The third kappa shape index (κ3) is 27.7.